The first kappa shape index (κ1) is 58.8. The molecule has 274 valence electrons. The molecule has 0 fully saturated rings. The normalized spacial score (nSPS) is 11.6. The van der Waals surface area contributed by atoms with Gasteiger partial charge in [-0.25, -0.2) is 0 Å². The smallest absolute Gasteiger partial charge is 0.135 e. The van der Waals surface area contributed by atoms with Gasteiger partial charge in [-0.15, -0.1) is 0 Å². The van der Waals surface area contributed by atoms with Gasteiger partial charge in [-0.1, -0.05) is 159 Å². The quantitative estimate of drug-likeness (QED) is 0.262. The summed E-state index contributed by atoms with van der Waals surface area (Å²) in [7, 11) is 0. The van der Waals surface area contributed by atoms with E-state index in [1.807, 2.05) is 104 Å². The highest BCUT2D eigenvalue weighted by Crippen LogP contribution is 2.15. The Morgan fingerprint density at radius 3 is 0.244 bits per heavy atom. The second kappa shape index (κ2) is 23.6. The van der Waals surface area contributed by atoms with Crippen LogP contribution >= 0.6 is 0 Å². The molecule has 0 bridgehead atoms. The number of ketones is 5. The lowest BCUT2D eigenvalue weighted by molar-refractivity contribution is -0.124. The number of rotatable bonds is 0. The van der Waals surface area contributed by atoms with E-state index in [0.29, 0.717) is 10.8 Å². The van der Waals surface area contributed by atoms with E-state index in [2.05, 4.69) is 55.4 Å². The number of hydrogen-bond acceptors (Lipinski definition) is 5. The molecule has 0 N–H and O–H groups in total. The molecule has 5 heteroatoms. The Balaban J connectivity index is -0.0000000752. The fourth-order valence-corrected chi connectivity index (χ4v) is 0. The Hall–Kier alpha value is -1.65. The van der Waals surface area contributed by atoms with E-state index in [0.717, 1.165) is 0 Å². The van der Waals surface area contributed by atoms with Crippen LogP contribution in [0.2, 0.25) is 0 Å². The van der Waals surface area contributed by atoms with E-state index >= 15 is 0 Å². The van der Waals surface area contributed by atoms with Crippen molar-refractivity contribution in [3.05, 3.63) is 0 Å². The summed E-state index contributed by atoms with van der Waals surface area (Å²) in [6, 6.07) is 0. The lowest BCUT2D eigenvalue weighted by atomic mass is 9.92. The molecule has 45 heavy (non-hydrogen) atoms. The molecule has 0 amide bonds. The molecule has 0 aliphatic heterocycles. The molecule has 0 saturated carbocycles. The SMILES string of the molecule is CC(=O)C(C)(C)C.CC(=O)C(C)(C)C.CC(=O)C(C)(C)C.CC(=O)C(C)(C)C.CC(=O)C(C)(C)C.CC(C)(C)C.CC(C)(C)C. The number of carbonyl (C=O) groups is 5. The van der Waals surface area contributed by atoms with Gasteiger partial charge in [-0.3, -0.25) is 24.0 Å². The zero-order valence-electron chi connectivity index (χ0n) is 36.0. The molecular formula is C40H84O5. The molecule has 0 unspecified atom stereocenters. The first-order valence-corrected chi connectivity index (χ1v) is 16.3. The minimum atomic E-state index is -0.139. The molecule has 0 aromatic rings. The second-order valence-electron chi connectivity index (χ2n) is 20.0. The Morgan fingerprint density at radius 2 is 0.244 bits per heavy atom. The summed E-state index contributed by atoms with van der Waals surface area (Å²) in [6.45, 7) is 54.2. The number of carbonyl (C=O) groups excluding carboxylic acids is 5. The number of hydrogen-bond donors (Lipinski definition) is 0. The molecular weight excluding hydrogens is 560 g/mol. The van der Waals surface area contributed by atoms with Crippen molar-refractivity contribution in [2.75, 3.05) is 0 Å². The van der Waals surface area contributed by atoms with Gasteiger partial charge in [0, 0.05) is 27.1 Å². The van der Waals surface area contributed by atoms with Crippen LogP contribution in [0, 0.1) is 37.9 Å². The lowest BCUT2D eigenvalue weighted by Crippen LogP contribution is -2.15. The van der Waals surface area contributed by atoms with Gasteiger partial charge < -0.3 is 0 Å². The van der Waals surface area contributed by atoms with Gasteiger partial charge in [0.05, 0.1) is 0 Å². The van der Waals surface area contributed by atoms with Gasteiger partial charge in [0.2, 0.25) is 0 Å². The molecule has 0 aromatic heterocycles. The summed E-state index contributed by atoms with van der Waals surface area (Å²) in [5.41, 5.74) is 0.306. The van der Waals surface area contributed by atoms with Crippen molar-refractivity contribution in [2.24, 2.45) is 37.9 Å². The first-order valence-electron chi connectivity index (χ1n) is 16.3. The van der Waals surface area contributed by atoms with E-state index in [1.165, 1.54) is 0 Å². The van der Waals surface area contributed by atoms with Crippen LogP contribution in [0.15, 0.2) is 0 Å². The zero-order valence-corrected chi connectivity index (χ0v) is 36.0. The highest BCUT2D eigenvalue weighted by atomic mass is 16.1. The van der Waals surface area contributed by atoms with Crippen LogP contribution in [0.4, 0.5) is 0 Å². The minimum Gasteiger partial charge on any atom is -0.299 e. The van der Waals surface area contributed by atoms with E-state index in [4.69, 9.17) is 0 Å². The molecule has 0 aromatic carbocycles. The lowest BCUT2D eigenvalue weighted by Gasteiger charge is -2.11. The van der Waals surface area contributed by atoms with Gasteiger partial charge in [0.15, 0.2) is 0 Å². The van der Waals surface area contributed by atoms with E-state index < -0.39 is 0 Å². The van der Waals surface area contributed by atoms with Gasteiger partial charge in [0.25, 0.3) is 0 Å². The van der Waals surface area contributed by atoms with Crippen LogP contribution in [0.25, 0.3) is 0 Å². The van der Waals surface area contributed by atoms with Crippen LogP contribution in [0.3, 0.4) is 0 Å². The van der Waals surface area contributed by atoms with Crippen molar-refractivity contribution in [3.8, 4) is 0 Å². The van der Waals surface area contributed by atoms with Crippen molar-refractivity contribution in [1.29, 1.82) is 0 Å². The van der Waals surface area contributed by atoms with Crippen molar-refractivity contribution < 1.29 is 24.0 Å². The van der Waals surface area contributed by atoms with Crippen molar-refractivity contribution in [3.63, 3.8) is 0 Å². The molecule has 0 aliphatic rings. The van der Waals surface area contributed by atoms with Gasteiger partial charge in [-0.05, 0) is 45.4 Å². The largest absolute Gasteiger partial charge is 0.299 e. The maximum Gasteiger partial charge on any atom is 0.135 e. The third-order valence-corrected chi connectivity index (χ3v) is 5.28. The second-order valence-corrected chi connectivity index (χ2v) is 20.0. The van der Waals surface area contributed by atoms with Crippen LogP contribution in [-0.2, 0) is 24.0 Å². The average molecular weight is 645 g/mol. The van der Waals surface area contributed by atoms with Gasteiger partial charge in [-0.2, -0.15) is 0 Å². The Kier molecular flexibility index (Phi) is 30.9. The van der Waals surface area contributed by atoms with Gasteiger partial charge in [0.1, 0.15) is 28.9 Å². The average Bonchev–Trinajstić information content (AvgIpc) is 2.63. The Bertz CT molecular complexity index is 661. The molecule has 0 spiro atoms. The Morgan fingerprint density at radius 1 is 0.222 bits per heavy atom. The predicted molar refractivity (Wildman–Crippen MR) is 201 cm³/mol. The molecule has 0 aliphatic carbocycles. The highest BCUT2D eigenvalue weighted by Gasteiger charge is 2.17. The fourth-order valence-electron chi connectivity index (χ4n) is 0. The molecule has 5 nitrogen and oxygen atoms in total. The standard InChI is InChI=1S/5C6H12O.2C5H12/c5*1-5(7)6(2,3)4;2*1-5(2,3)4/h5*1-4H3;2*1-4H3. The summed E-state index contributed by atoms with van der Waals surface area (Å²) < 4.78 is 0. The maximum absolute atomic E-state index is 10.5. The summed E-state index contributed by atoms with van der Waals surface area (Å²) in [6.07, 6.45) is 0. The van der Waals surface area contributed by atoms with Crippen LogP contribution in [0.1, 0.15) is 194 Å². The van der Waals surface area contributed by atoms with Crippen molar-refractivity contribution in [1.82, 2.24) is 0 Å². The van der Waals surface area contributed by atoms with E-state index in [9.17, 15) is 24.0 Å². The Labute approximate surface area is 284 Å². The predicted octanol–water partition coefficient (Wildman–Crippen LogP) is 12.2. The summed E-state index contributed by atoms with van der Waals surface area (Å²) in [4.78, 5) is 52.3. The minimum absolute atomic E-state index is 0.139. The third kappa shape index (κ3) is 85.8. The molecule has 0 atom stereocenters. The van der Waals surface area contributed by atoms with Crippen LogP contribution in [-0.4, -0.2) is 28.9 Å². The highest BCUT2D eigenvalue weighted by molar-refractivity contribution is 5.82. The monoisotopic (exact) mass is 645 g/mol. The third-order valence-electron chi connectivity index (χ3n) is 5.28. The molecule has 0 saturated heterocycles. The number of Topliss-reactive ketones (excluding diaryl/α,β-unsaturated/α-hetero) is 5. The van der Waals surface area contributed by atoms with E-state index in [-0.39, 0.29) is 56.0 Å². The topological polar surface area (TPSA) is 85.3 Å². The van der Waals surface area contributed by atoms with E-state index in [1.54, 1.807) is 34.6 Å². The zero-order chi connectivity index (χ0) is 39.4. The van der Waals surface area contributed by atoms with Crippen LogP contribution < -0.4 is 0 Å². The summed E-state index contributed by atoms with van der Waals surface area (Å²) >= 11 is 0. The first-order chi connectivity index (χ1) is 18.7. The molecule has 0 rings (SSSR count). The van der Waals surface area contributed by atoms with Gasteiger partial charge >= 0.3 is 0 Å². The van der Waals surface area contributed by atoms with Crippen LogP contribution in [0.5, 0.6) is 0 Å². The molecule has 0 heterocycles. The maximum atomic E-state index is 10.5. The van der Waals surface area contributed by atoms with Crippen molar-refractivity contribution >= 4 is 28.9 Å². The summed E-state index contributed by atoms with van der Waals surface area (Å²) in [5, 5.41) is 0. The van der Waals surface area contributed by atoms with Crippen molar-refractivity contribution in [2.45, 2.75) is 194 Å². The summed E-state index contributed by atoms with van der Waals surface area (Å²) in [5.74, 6) is 1.22. The molecule has 0 radical (unpaired) electrons. The fraction of sp³-hybridized carbons (Fsp3) is 0.875.